The molecule has 2 nitrogen and oxygen atoms in total. The van der Waals surface area contributed by atoms with Gasteiger partial charge in [-0.2, -0.15) is 0 Å². The molecule has 0 heterocycles. The molecule has 0 saturated carbocycles. The van der Waals surface area contributed by atoms with E-state index in [-0.39, 0.29) is 6.10 Å². The zero-order chi connectivity index (χ0) is 14.0. The highest BCUT2D eigenvalue weighted by atomic mass is 16.5. The molecule has 2 aromatic rings. The van der Waals surface area contributed by atoms with Gasteiger partial charge in [0.25, 0.3) is 0 Å². The third kappa shape index (κ3) is 4.48. The van der Waals surface area contributed by atoms with Crippen LogP contribution in [-0.4, -0.2) is 20.2 Å². The normalized spacial score (nSPS) is 10.9. The van der Waals surface area contributed by atoms with Crippen LogP contribution in [0, 0.1) is 0 Å². The Hall–Kier alpha value is -1.64. The van der Waals surface area contributed by atoms with Crippen LogP contribution >= 0.6 is 0 Å². The molecule has 0 aliphatic carbocycles. The van der Waals surface area contributed by atoms with Crippen LogP contribution in [0.4, 0.5) is 0 Å². The van der Waals surface area contributed by atoms with E-state index >= 15 is 0 Å². The van der Waals surface area contributed by atoms with Gasteiger partial charge in [-0.3, -0.25) is 0 Å². The van der Waals surface area contributed by atoms with Crippen molar-refractivity contribution in [2.75, 3.05) is 20.2 Å². The van der Waals surface area contributed by atoms with Gasteiger partial charge in [-0.25, -0.2) is 0 Å². The highest BCUT2D eigenvalue weighted by Gasteiger charge is 2.13. The van der Waals surface area contributed by atoms with Crippen LogP contribution in [0.15, 0.2) is 60.7 Å². The average Bonchev–Trinajstić information content (AvgIpc) is 2.53. The molecule has 0 spiro atoms. The lowest BCUT2D eigenvalue weighted by atomic mass is 10.0. The molecular formula is C18H23NO. The van der Waals surface area contributed by atoms with Gasteiger partial charge in [0, 0.05) is 6.61 Å². The largest absolute Gasteiger partial charge is 0.369 e. The SMILES string of the molecule is CNCCCCOC(c1ccccc1)c1ccccc1. The van der Waals surface area contributed by atoms with Gasteiger partial charge in [0.15, 0.2) is 0 Å². The Kier molecular flexibility index (Phi) is 6.28. The maximum absolute atomic E-state index is 6.13. The molecule has 2 heteroatoms. The standard InChI is InChI=1S/C18H23NO/c1-19-14-8-9-15-20-18(16-10-4-2-5-11-16)17-12-6-3-7-13-17/h2-7,10-13,18-19H,8-9,14-15H2,1H3. The summed E-state index contributed by atoms with van der Waals surface area (Å²) in [7, 11) is 1.98. The molecule has 0 unspecified atom stereocenters. The van der Waals surface area contributed by atoms with E-state index in [0.29, 0.717) is 0 Å². The van der Waals surface area contributed by atoms with Crippen molar-refractivity contribution < 1.29 is 4.74 Å². The number of unbranched alkanes of at least 4 members (excludes halogenated alkanes) is 1. The number of benzene rings is 2. The van der Waals surface area contributed by atoms with E-state index in [1.807, 2.05) is 19.2 Å². The first-order valence-electron chi connectivity index (χ1n) is 7.28. The van der Waals surface area contributed by atoms with Crippen LogP contribution < -0.4 is 5.32 Å². The summed E-state index contributed by atoms with van der Waals surface area (Å²) in [5, 5.41) is 3.16. The fourth-order valence-electron chi connectivity index (χ4n) is 2.25. The number of rotatable bonds is 8. The molecule has 2 aromatic carbocycles. The van der Waals surface area contributed by atoms with E-state index in [1.165, 1.54) is 11.1 Å². The predicted octanol–water partition coefficient (Wildman–Crippen LogP) is 3.79. The molecule has 0 bridgehead atoms. The van der Waals surface area contributed by atoms with Crippen LogP contribution in [-0.2, 0) is 4.74 Å². The minimum absolute atomic E-state index is 0.0342. The minimum atomic E-state index is 0.0342. The van der Waals surface area contributed by atoms with Crippen LogP contribution in [0.3, 0.4) is 0 Å². The zero-order valence-electron chi connectivity index (χ0n) is 12.1. The molecule has 0 aliphatic heterocycles. The van der Waals surface area contributed by atoms with Crippen molar-refractivity contribution in [3.05, 3.63) is 71.8 Å². The lowest BCUT2D eigenvalue weighted by molar-refractivity contribution is 0.0773. The van der Waals surface area contributed by atoms with Crippen molar-refractivity contribution >= 4 is 0 Å². The quantitative estimate of drug-likeness (QED) is 0.736. The molecule has 0 saturated heterocycles. The Morgan fingerprint density at radius 3 is 1.90 bits per heavy atom. The first kappa shape index (κ1) is 14.8. The predicted molar refractivity (Wildman–Crippen MR) is 83.8 cm³/mol. The van der Waals surface area contributed by atoms with Crippen LogP contribution in [0.2, 0.25) is 0 Å². The molecule has 1 N–H and O–H groups in total. The molecule has 0 atom stereocenters. The molecule has 0 aromatic heterocycles. The van der Waals surface area contributed by atoms with Crippen molar-refractivity contribution in [3.63, 3.8) is 0 Å². The maximum atomic E-state index is 6.13. The van der Waals surface area contributed by atoms with E-state index in [0.717, 1.165) is 26.0 Å². The third-order valence-corrected chi connectivity index (χ3v) is 3.31. The molecule has 0 aliphatic rings. The second kappa shape index (κ2) is 8.51. The van der Waals surface area contributed by atoms with Gasteiger partial charge in [0.2, 0.25) is 0 Å². The van der Waals surface area contributed by atoms with Gasteiger partial charge >= 0.3 is 0 Å². The topological polar surface area (TPSA) is 21.3 Å². The fourth-order valence-corrected chi connectivity index (χ4v) is 2.25. The van der Waals surface area contributed by atoms with E-state index < -0.39 is 0 Å². The number of nitrogens with one attached hydrogen (secondary N) is 1. The summed E-state index contributed by atoms with van der Waals surface area (Å²) in [6.45, 7) is 1.83. The summed E-state index contributed by atoms with van der Waals surface area (Å²) in [5.41, 5.74) is 2.43. The molecule has 0 fully saturated rings. The van der Waals surface area contributed by atoms with Gasteiger partial charge in [-0.15, -0.1) is 0 Å². The molecule has 0 radical (unpaired) electrons. The van der Waals surface area contributed by atoms with Gasteiger partial charge in [0.1, 0.15) is 6.10 Å². The van der Waals surface area contributed by atoms with E-state index in [1.54, 1.807) is 0 Å². The summed E-state index contributed by atoms with van der Waals surface area (Å²) in [5.74, 6) is 0. The molecule has 0 amide bonds. The van der Waals surface area contributed by atoms with Crippen molar-refractivity contribution in [3.8, 4) is 0 Å². The molecule has 20 heavy (non-hydrogen) atoms. The summed E-state index contributed by atoms with van der Waals surface area (Å²) in [6.07, 6.45) is 2.26. The van der Waals surface area contributed by atoms with Crippen LogP contribution in [0.1, 0.15) is 30.1 Å². The lowest BCUT2D eigenvalue weighted by Gasteiger charge is -2.19. The van der Waals surface area contributed by atoms with Crippen molar-refractivity contribution in [2.45, 2.75) is 18.9 Å². The van der Waals surface area contributed by atoms with Crippen LogP contribution in [0.5, 0.6) is 0 Å². The fraction of sp³-hybridized carbons (Fsp3) is 0.333. The van der Waals surface area contributed by atoms with Gasteiger partial charge in [-0.05, 0) is 37.6 Å². The number of hydrogen-bond donors (Lipinski definition) is 1. The highest BCUT2D eigenvalue weighted by molar-refractivity contribution is 5.29. The van der Waals surface area contributed by atoms with E-state index in [4.69, 9.17) is 4.74 Å². The minimum Gasteiger partial charge on any atom is -0.369 e. The second-order valence-electron chi connectivity index (χ2n) is 4.88. The van der Waals surface area contributed by atoms with E-state index in [9.17, 15) is 0 Å². The third-order valence-electron chi connectivity index (χ3n) is 3.31. The zero-order valence-corrected chi connectivity index (χ0v) is 12.1. The average molecular weight is 269 g/mol. The van der Waals surface area contributed by atoms with E-state index in [2.05, 4.69) is 53.8 Å². The van der Waals surface area contributed by atoms with Crippen molar-refractivity contribution in [1.82, 2.24) is 5.32 Å². The van der Waals surface area contributed by atoms with Gasteiger partial charge in [-0.1, -0.05) is 60.7 Å². The lowest BCUT2D eigenvalue weighted by Crippen LogP contribution is -2.11. The molecular weight excluding hydrogens is 246 g/mol. The van der Waals surface area contributed by atoms with Gasteiger partial charge < -0.3 is 10.1 Å². The Bertz CT molecular complexity index is 430. The number of ether oxygens (including phenoxy) is 1. The summed E-state index contributed by atoms with van der Waals surface area (Å²) < 4.78 is 6.13. The van der Waals surface area contributed by atoms with Gasteiger partial charge in [0.05, 0.1) is 0 Å². The van der Waals surface area contributed by atoms with Crippen LogP contribution in [0.25, 0.3) is 0 Å². The molecule has 2 rings (SSSR count). The Balaban J connectivity index is 2.02. The maximum Gasteiger partial charge on any atom is 0.108 e. The summed E-state index contributed by atoms with van der Waals surface area (Å²) in [6, 6.07) is 20.9. The first-order valence-corrected chi connectivity index (χ1v) is 7.28. The summed E-state index contributed by atoms with van der Waals surface area (Å²) in [4.78, 5) is 0. The monoisotopic (exact) mass is 269 g/mol. The van der Waals surface area contributed by atoms with Crippen molar-refractivity contribution in [1.29, 1.82) is 0 Å². The summed E-state index contributed by atoms with van der Waals surface area (Å²) >= 11 is 0. The Morgan fingerprint density at radius 2 is 1.40 bits per heavy atom. The smallest absolute Gasteiger partial charge is 0.108 e. The second-order valence-corrected chi connectivity index (χ2v) is 4.88. The highest BCUT2D eigenvalue weighted by Crippen LogP contribution is 2.25. The molecule has 106 valence electrons. The Morgan fingerprint density at radius 1 is 0.850 bits per heavy atom. The Labute approximate surface area is 121 Å². The van der Waals surface area contributed by atoms with Crippen molar-refractivity contribution in [2.24, 2.45) is 0 Å². The first-order chi connectivity index (χ1) is 9.92. The number of hydrogen-bond acceptors (Lipinski definition) is 2.